The number of rotatable bonds is 8. The molecular formula is C26H24FN3O4. The molecule has 2 N–H and O–H groups in total. The van der Waals surface area contributed by atoms with Gasteiger partial charge in [-0.3, -0.25) is 4.98 Å². The van der Waals surface area contributed by atoms with Gasteiger partial charge in [-0.1, -0.05) is 30.3 Å². The molecule has 0 spiro atoms. The van der Waals surface area contributed by atoms with Crippen LogP contribution in [0, 0.1) is 5.82 Å². The summed E-state index contributed by atoms with van der Waals surface area (Å²) in [6.07, 6.45) is 2.53. The van der Waals surface area contributed by atoms with E-state index in [9.17, 15) is 14.0 Å². The topological polar surface area (TPSA) is 89.6 Å². The predicted molar refractivity (Wildman–Crippen MR) is 123 cm³/mol. The Morgan fingerprint density at radius 2 is 1.85 bits per heavy atom. The first-order valence-electron chi connectivity index (χ1n) is 10.8. The maximum absolute atomic E-state index is 13.5. The summed E-state index contributed by atoms with van der Waals surface area (Å²) in [6.45, 7) is -0.105. The number of halogens is 1. The second-order valence-corrected chi connectivity index (χ2v) is 7.74. The van der Waals surface area contributed by atoms with Crippen LogP contribution in [0.15, 0.2) is 84.2 Å². The molecule has 1 aromatic heterocycles. The first kappa shape index (κ1) is 23.0. The van der Waals surface area contributed by atoms with Crippen LogP contribution in [0.4, 0.5) is 9.18 Å². The number of aromatic nitrogens is 1. The lowest BCUT2D eigenvalue weighted by atomic mass is 9.95. The largest absolute Gasteiger partial charge is 0.497 e. The van der Waals surface area contributed by atoms with Crippen molar-refractivity contribution < 1.29 is 23.5 Å². The molecule has 1 aliphatic rings. The number of pyridine rings is 1. The highest BCUT2D eigenvalue weighted by Gasteiger charge is 2.34. The van der Waals surface area contributed by atoms with Gasteiger partial charge in [0.05, 0.1) is 18.4 Å². The fraction of sp³-hybridized carbons (Fsp3) is 0.192. The van der Waals surface area contributed by atoms with Crippen molar-refractivity contribution in [2.45, 2.75) is 25.5 Å². The SMILES string of the molecule is COc1cccc(CCC2=C(C(=O)OCc3cccc(F)c3)C(c3ccccn3)NC(=O)N2)c1. The van der Waals surface area contributed by atoms with Crippen molar-refractivity contribution in [3.63, 3.8) is 0 Å². The average Bonchev–Trinajstić information content (AvgIpc) is 2.86. The zero-order chi connectivity index (χ0) is 23.9. The van der Waals surface area contributed by atoms with Crippen molar-refractivity contribution in [1.82, 2.24) is 15.6 Å². The summed E-state index contributed by atoms with van der Waals surface area (Å²) >= 11 is 0. The van der Waals surface area contributed by atoms with Crippen LogP contribution in [0.3, 0.4) is 0 Å². The number of methoxy groups -OCH3 is 1. The molecule has 1 unspecified atom stereocenters. The van der Waals surface area contributed by atoms with E-state index in [1.54, 1.807) is 43.6 Å². The lowest BCUT2D eigenvalue weighted by molar-refractivity contribution is -0.140. The van der Waals surface area contributed by atoms with Crippen LogP contribution in [-0.4, -0.2) is 24.1 Å². The Hall–Kier alpha value is -4.20. The van der Waals surface area contributed by atoms with Gasteiger partial charge in [-0.25, -0.2) is 14.0 Å². The number of nitrogens with one attached hydrogen (secondary N) is 2. The van der Waals surface area contributed by atoms with E-state index in [1.165, 1.54) is 12.1 Å². The third-order valence-electron chi connectivity index (χ3n) is 5.41. The zero-order valence-corrected chi connectivity index (χ0v) is 18.6. The number of esters is 1. The van der Waals surface area contributed by atoms with Gasteiger partial charge in [0.25, 0.3) is 0 Å². The summed E-state index contributed by atoms with van der Waals surface area (Å²) in [6, 6.07) is 17.5. The third kappa shape index (κ3) is 5.58. The fourth-order valence-electron chi connectivity index (χ4n) is 3.78. The van der Waals surface area contributed by atoms with Gasteiger partial charge in [-0.15, -0.1) is 0 Å². The lowest BCUT2D eigenvalue weighted by Gasteiger charge is -2.29. The van der Waals surface area contributed by atoms with Crippen molar-refractivity contribution in [3.05, 3.63) is 107 Å². The molecule has 0 bridgehead atoms. The van der Waals surface area contributed by atoms with Gasteiger partial charge < -0.3 is 20.1 Å². The highest BCUT2D eigenvalue weighted by molar-refractivity contribution is 5.95. The number of allylic oxidation sites excluding steroid dienone is 1. The molecule has 2 aromatic carbocycles. The summed E-state index contributed by atoms with van der Waals surface area (Å²) in [5.74, 6) is -0.306. The number of ether oxygens (including phenoxy) is 2. The molecule has 0 saturated carbocycles. The predicted octanol–water partition coefficient (Wildman–Crippen LogP) is 4.21. The number of urea groups is 1. The highest BCUT2D eigenvalue weighted by Crippen LogP contribution is 2.29. The van der Waals surface area contributed by atoms with Gasteiger partial charge in [0, 0.05) is 11.9 Å². The van der Waals surface area contributed by atoms with E-state index < -0.39 is 23.9 Å². The van der Waals surface area contributed by atoms with Crippen LogP contribution in [0.1, 0.15) is 29.3 Å². The monoisotopic (exact) mass is 461 g/mol. The number of carbonyl (C=O) groups is 2. The molecule has 0 saturated heterocycles. The number of hydrogen-bond donors (Lipinski definition) is 2. The molecule has 0 fully saturated rings. The summed E-state index contributed by atoms with van der Waals surface area (Å²) < 4.78 is 24.3. The number of carbonyl (C=O) groups excluding carboxylic acids is 2. The number of benzene rings is 2. The average molecular weight is 461 g/mol. The molecule has 0 aliphatic carbocycles. The van der Waals surface area contributed by atoms with Gasteiger partial charge in [-0.2, -0.15) is 0 Å². The normalized spacial score (nSPS) is 15.4. The van der Waals surface area contributed by atoms with E-state index in [0.717, 1.165) is 11.3 Å². The number of amides is 2. The number of hydrogen-bond acceptors (Lipinski definition) is 5. The van der Waals surface area contributed by atoms with Gasteiger partial charge >= 0.3 is 12.0 Å². The number of nitrogens with zero attached hydrogens (tertiary/aromatic N) is 1. The Kier molecular flexibility index (Phi) is 7.17. The third-order valence-corrected chi connectivity index (χ3v) is 5.41. The van der Waals surface area contributed by atoms with Crippen LogP contribution >= 0.6 is 0 Å². The Labute approximate surface area is 196 Å². The molecule has 4 rings (SSSR count). The molecule has 34 heavy (non-hydrogen) atoms. The minimum absolute atomic E-state index is 0.105. The van der Waals surface area contributed by atoms with Crippen LogP contribution < -0.4 is 15.4 Å². The minimum Gasteiger partial charge on any atom is -0.497 e. The molecule has 8 heteroatoms. The quantitative estimate of drug-likeness (QED) is 0.491. The summed E-state index contributed by atoms with van der Waals surface area (Å²) in [7, 11) is 1.60. The lowest BCUT2D eigenvalue weighted by Crippen LogP contribution is -2.46. The second-order valence-electron chi connectivity index (χ2n) is 7.74. The van der Waals surface area contributed by atoms with Gasteiger partial charge in [0.15, 0.2) is 0 Å². The van der Waals surface area contributed by atoms with E-state index >= 15 is 0 Å². The standard InChI is InChI=1S/C26H24FN3O4/c1-33-20-9-5-6-17(15-20)11-12-21-23(25(31)34-16-18-7-4-8-19(27)14-18)24(30-26(32)29-21)22-10-2-3-13-28-22/h2-10,13-15,24H,11-12,16H2,1H3,(H2,29,30,32). The van der Waals surface area contributed by atoms with Gasteiger partial charge in [-0.05, 0) is 60.4 Å². The van der Waals surface area contributed by atoms with Crippen LogP contribution in [0.2, 0.25) is 0 Å². The Morgan fingerprint density at radius 1 is 1.03 bits per heavy atom. The Morgan fingerprint density at radius 3 is 2.62 bits per heavy atom. The molecule has 3 aromatic rings. The molecule has 2 amide bonds. The molecule has 1 atom stereocenters. The van der Waals surface area contributed by atoms with Crippen LogP contribution in [0.25, 0.3) is 0 Å². The van der Waals surface area contributed by atoms with E-state index in [4.69, 9.17) is 9.47 Å². The van der Waals surface area contributed by atoms with E-state index in [-0.39, 0.29) is 12.2 Å². The zero-order valence-electron chi connectivity index (χ0n) is 18.6. The van der Waals surface area contributed by atoms with E-state index in [0.29, 0.717) is 29.8 Å². The van der Waals surface area contributed by atoms with Crippen molar-refractivity contribution >= 4 is 12.0 Å². The molecule has 174 valence electrons. The molecule has 0 radical (unpaired) electrons. The minimum atomic E-state index is -0.782. The molecule has 7 nitrogen and oxygen atoms in total. The molecule has 1 aliphatic heterocycles. The first-order chi connectivity index (χ1) is 16.5. The van der Waals surface area contributed by atoms with Crippen molar-refractivity contribution in [2.24, 2.45) is 0 Å². The smallest absolute Gasteiger partial charge is 0.338 e. The second kappa shape index (κ2) is 10.6. The summed E-state index contributed by atoms with van der Waals surface area (Å²) in [5, 5.41) is 5.53. The van der Waals surface area contributed by atoms with Crippen molar-refractivity contribution in [1.29, 1.82) is 0 Å². The maximum Gasteiger partial charge on any atom is 0.338 e. The molecular weight excluding hydrogens is 437 g/mol. The van der Waals surface area contributed by atoms with Crippen LogP contribution in [-0.2, 0) is 22.6 Å². The van der Waals surface area contributed by atoms with E-state index in [2.05, 4.69) is 15.6 Å². The summed E-state index contributed by atoms with van der Waals surface area (Å²) in [4.78, 5) is 30.0. The fourth-order valence-corrected chi connectivity index (χ4v) is 3.78. The van der Waals surface area contributed by atoms with Crippen molar-refractivity contribution in [3.8, 4) is 5.75 Å². The van der Waals surface area contributed by atoms with Crippen molar-refractivity contribution in [2.75, 3.05) is 7.11 Å². The van der Waals surface area contributed by atoms with E-state index in [1.807, 2.05) is 24.3 Å². The maximum atomic E-state index is 13.5. The number of aryl methyl sites for hydroxylation is 1. The highest BCUT2D eigenvalue weighted by atomic mass is 19.1. The van der Waals surface area contributed by atoms with Gasteiger partial charge in [0.1, 0.15) is 24.2 Å². The molecule has 2 heterocycles. The first-order valence-corrected chi connectivity index (χ1v) is 10.8. The van der Waals surface area contributed by atoms with Gasteiger partial charge in [0.2, 0.25) is 0 Å². The summed E-state index contributed by atoms with van der Waals surface area (Å²) in [5.41, 5.74) is 2.73. The Balaban J connectivity index is 1.63. The Bertz CT molecular complexity index is 1210. The van der Waals surface area contributed by atoms with Crippen LogP contribution in [0.5, 0.6) is 5.75 Å².